The first-order valence-corrected chi connectivity index (χ1v) is 11.2. The molecule has 3 rings (SSSR count). The van der Waals surface area contributed by atoms with E-state index in [1.807, 2.05) is 49.4 Å². The number of carboxylic acids is 1. The Bertz CT molecular complexity index is 1020. The van der Waals surface area contributed by atoms with Crippen molar-refractivity contribution >= 4 is 23.3 Å². The zero-order valence-electron chi connectivity index (χ0n) is 18.2. The second-order valence-corrected chi connectivity index (χ2v) is 9.18. The largest absolute Gasteiger partial charge is 0.490 e. The number of carbonyl (C=O) groups is 1. The second kappa shape index (κ2) is 10.4. The zero-order valence-corrected chi connectivity index (χ0v) is 19.0. The number of allylic oxidation sites excluding steroid dienone is 1. The molecular weight excluding hydrogens is 404 g/mol. The van der Waals surface area contributed by atoms with Gasteiger partial charge in [-0.05, 0) is 72.9 Å². The first-order chi connectivity index (χ1) is 14.9. The number of thioether (sulfide) groups is 1. The van der Waals surface area contributed by atoms with Gasteiger partial charge in [0.1, 0.15) is 17.1 Å². The van der Waals surface area contributed by atoms with Crippen LogP contribution in [-0.4, -0.2) is 22.4 Å². The van der Waals surface area contributed by atoms with Crippen LogP contribution >= 0.6 is 11.8 Å². The summed E-state index contributed by atoms with van der Waals surface area (Å²) in [5, 5.41) is 9.43. The molecule has 31 heavy (non-hydrogen) atoms. The fourth-order valence-electron chi connectivity index (χ4n) is 3.07. The molecule has 0 aromatic heterocycles. The first-order valence-electron chi connectivity index (χ1n) is 10.4. The molecule has 1 atom stereocenters. The molecule has 0 spiro atoms. The van der Waals surface area contributed by atoms with Crippen molar-refractivity contribution in [1.29, 1.82) is 0 Å². The van der Waals surface area contributed by atoms with E-state index in [0.29, 0.717) is 13.0 Å². The Labute approximate surface area is 188 Å². The van der Waals surface area contributed by atoms with Gasteiger partial charge in [0.05, 0.1) is 0 Å². The van der Waals surface area contributed by atoms with Crippen molar-refractivity contribution in [1.82, 2.24) is 0 Å². The second-order valence-electron chi connectivity index (χ2n) is 7.60. The van der Waals surface area contributed by atoms with Crippen LogP contribution in [0.25, 0.3) is 16.7 Å². The van der Waals surface area contributed by atoms with Gasteiger partial charge in [-0.3, -0.25) is 4.79 Å². The average molecular weight is 433 g/mol. The summed E-state index contributed by atoms with van der Waals surface area (Å²) in [6, 6.07) is 26.5. The highest BCUT2D eigenvalue weighted by molar-refractivity contribution is 8.01. The third-order valence-electron chi connectivity index (χ3n) is 5.38. The van der Waals surface area contributed by atoms with Crippen LogP contribution in [0.3, 0.4) is 0 Å². The molecule has 0 radical (unpaired) electrons. The summed E-state index contributed by atoms with van der Waals surface area (Å²) >= 11 is 1.37. The molecular formula is C27H28O3S. The summed E-state index contributed by atoms with van der Waals surface area (Å²) in [6.07, 6.45) is 2.63. The van der Waals surface area contributed by atoms with Crippen LogP contribution in [0.15, 0.2) is 89.8 Å². The lowest BCUT2D eigenvalue weighted by atomic mass is 10.0. The molecule has 0 aliphatic carbocycles. The van der Waals surface area contributed by atoms with Crippen LogP contribution in [0, 0.1) is 0 Å². The van der Waals surface area contributed by atoms with Crippen molar-refractivity contribution in [3.05, 3.63) is 90.5 Å². The van der Waals surface area contributed by atoms with Gasteiger partial charge in [0.25, 0.3) is 0 Å². The summed E-state index contributed by atoms with van der Waals surface area (Å²) in [7, 11) is 0. The van der Waals surface area contributed by atoms with Crippen molar-refractivity contribution in [3.8, 4) is 16.9 Å². The quantitative estimate of drug-likeness (QED) is 0.364. The molecule has 1 N–H and O–H groups in total. The molecule has 0 saturated carbocycles. The highest BCUT2D eigenvalue weighted by Gasteiger charge is 2.32. The number of carboxylic acid groups (broad SMARTS) is 1. The van der Waals surface area contributed by atoms with Crippen molar-refractivity contribution < 1.29 is 14.6 Å². The van der Waals surface area contributed by atoms with E-state index in [1.165, 1.54) is 28.5 Å². The molecule has 160 valence electrons. The van der Waals surface area contributed by atoms with E-state index in [-0.39, 0.29) is 0 Å². The molecule has 0 saturated heterocycles. The molecule has 3 aromatic rings. The fourth-order valence-corrected chi connectivity index (χ4v) is 4.09. The van der Waals surface area contributed by atoms with E-state index in [9.17, 15) is 9.90 Å². The summed E-state index contributed by atoms with van der Waals surface area (Å²) in [5.41, 5.74) is 4.74. The van der Waals surface area contributed by atoms with Crippen LogP contribution < -0.4 is 4.74 Å². The SMILES string of the molecule is CC[C@@](C)(Sc1ccc(OCC=C(C)c2ccc(-c3ccccc3)cc2)cc1)C(=O)O. The number of rotatable bonds is 9. The molecule has 0 fully saturated rings. The van der Waals surface area contributed by atoms with Gasteiger partial charge in [-0.15, -0.1) is 11.8 Å². The Morgan fingerprint density at radius 3 is 2.16 bits per heavy atom. The third kappa shape index (κ3) is 6.02. The predicted octanol–water partition coefficient (Wildman–Crippen LogP) is 7.18. The number of aliphatic carboxylic acids is 1. The number of ether oxygens (including phenoxy) is 1. The molecule has 4 heteroatoms. The summed E-state index contributed by atoms with van der Waals surface area (Å²) < 4.78 is 5.03. The smallest absolute Gasteiger partial charge is 0.319 e. The van der Waals surface area contributed by atoms with E-state index in [2.05, 4.69) is 49.4 Å². The van der Waals surface area contributed by atoms with Gasteiger partial charge < -0.3 is 9.84 Å². The van der Waals surface area contributed by atoms with Gasteiger partial charge in [-0.25, -0.2) is 0 Å². The van der Waals surface area contributed by atoms with Crippen LogP contribution in [-0.2, 0) is 4.79 Å². The highest BCUT2D eigenvalue weighted by atomic mass is 32.2. The number of hydrogen-bond donors (Lipinski definition) is 1. The third-order valence-corrected chi connectivity index (χ3v) is 6.80. The van der Waals surface area contributed by atoms with Gasteiger partial charge in [-0.2, -0.15) is 0 Å². The fraction of sp³-hybridized carbons (Fsp3) is 0.222. The summed E-state index contributed by atoms with van der Waals surface area (Å²) in [6.45, 7) is 6.20. The molecule has 0 heterocycles. The minimum absolute atomic E-state index is 0.473. The van der Waals surface area contributed by atoms with E-state index in [0.717, 1.165) is 16.2 Å². The topological polar surface area (TPSA) is 46.5 Å². The molecule has 0 aliphatic rings. The maximum atomic E-state index is 11.5. The van der Waals surface area contributed by atoms with Crippen molar-refractivity contribution in [2.45, 2.75) is 36.8 Å². The Kier molecular flexibility index (Phi) is 7.59. The Morgan fingerprint density at radius 1 is 0.968 bits per heavy atom. The molecule has 0 aliphatic heterocycles. The van der Waals surface area contributed by atoms with E-state index >= 15 is 0 Å². The highest BCUT2D eigenvalue weighted by Crippen LogP contribution is 2.36. The van der Waals surface area contributed by atoms with Gasteiger partial charge in [0, 0.05) is 4.90 Å². The van der Waals surface area contributed by atoms with Crippen molar-refractivity contribution in [2.75, 3.05) is 6.61 Å². The standard InChI is InChI=1S/C27H28O3S/c1-4-27(3,26(28)29)31-25-16-14-24(15-17-25)30-19-18-20(2)21-10-12-23(13-11-21)22-8-6-5-7-9-22/h5-18H,4,19H2,1-3H3,(H,28,29)/t27-/m1/s1. The Hall–Kier alpha value is -2.98. The number of benzene rings is 3. The molecule has 0 bridgehead atoms. The molecule has 0 amide bonds. The van der Waals surface area contributed by atoms with Crippen molar-refractivity contribution in [3.63, 3.8) is 0 Å². The van der Waals surface area contributed by atoms with Gasteiger partial charge in [-0.1, -0.05) is 61.5 Å². The van der Waals surface area contributed by atoms with Crippen LogP contribution in [0.2, 0.25) is 0 Å². The minimum Gasteiger partial charge on any atom is -0.490 e. The maximum Gasteiger partial charge on any atom is 0.319 e. The van der Waals surface area contributed by atoms with Gasteiger partial charge in [0.15, 0.2) is 0 Å². The van der Waals surface area contributed by atoms with Gasteiger partial charge >= 0.3 is 5.97 Å². The maximum absolute atomic E-state index is 11.5. The normalized spacial score (nSPS) is 13.5. The lowest BCUT2D eigenvalue weighted by molar-refractivity contribution is -0.139. The van der Waals surface area contributed by atoms with E-state index in [4.69, 9.17) is 4.74 Å². The van der Waals surface area contributed by atoms with E-state index < -0.39 is 10.7 Å². The molecule has 3 aromatic carbocycles. The number of hydrogen-bond acceptors (Lipinski definition) is 3. The van der Waals surface area contributed by atoms with Crippen LogP contribution in [0.1, 0.15) is 32.8 Å². The average Bonchev–Trinajstić information content (AvgIpc) is 2.80. The lowest BCUT2D eigenvalue weighted by Crippen LogP contribution is -2.30. The van der Waals surface area contributed by atoms with Gasteiger partial charge in [0.2, 0.25) is 0 Å². The lowest BCUT2D eigenvalue weighted by Gasteiger charge is -2.22. The van der Waals surface area contributed by atoms with E-state index in [1.54, 1.807) is 6.92 Å². The minimum atomic E-state index is -0.821. The summed E-state index contributed by atoms with van der Waals surface area (Å²) in [5.74, 6) is -0.0286. The van der Waals surface area contributed by atoms with Crippen molar-refractivity contribution in [2.24, 2.45) is 0 Å². The first kappa shape index (κ1) is 22.7. The molecule has 3 nitrogen and oxygen atoms in total. The zero-order chi connectivity index (χ0) is 22.3. The van der Waals surface area contributed by atoms with Crippen LogP contribution in [0.5, 0.6) is 5.75 Å². The monoisotopic (exact) mass is 432 g/mol. The summed E-state index contributed by atoms with van der Waals surface area (Å²) in [4.78, 5) is 12.4. The Morgan fingerprint density at radius 2 is 1.58 bits per heavy atom. The Balaban J connectivity index is 1.57. The molecule has 0 unspecified atom stereocenters. The predicted molar refractivity (Wildman–Crippen MR) is 130 cm³/mol. The van der Waals surface area contributed by atoms with Crippen LogP contribution in [0.4, 0.5) is 0 Å².